The number of carbonyl (C=O) groups excluding carboxylic acids is 1. The van der Waals surface area contributed by atoms with E-state index in [4.69, 9.17) is 0 Å². The monoisotopic (exact) mass is 287 g/mol. The average Bonchev–Trinajstić information content (AvgIpc) is 2.71. The van der Waals surface area contributed by atoms with Gasteiger partial charge in [0.15, 0.2) is 5.78 Å². The van der Waals surface area contributed by atoms with Gasteiger partial charge in [-0.3, -0.25) is 19.1 Å². The van der Waals surface area contributed by atoms with Crippen LogP contribution in [0.25, 0.3) is 11.1 Å². The number of benzene rings is 2. The molecule has 6 heteroatoms. The van der Waals surface area contributed by atoms with Crippen molar-refractivity contribution in [3.63, 3.8) is 0 Å². The summed E-state index contributed by atoms with van der Waals surface area (Å²) in [6.45, 7) is 0. The summed E-state index contributed by atoms with van der Waals surface area (Å²) in [5.41, 5.74) is 1.89. The Hall–Kier alpha value is -2.34. The molecule has 0 bridgehead atoms. The van der Waals surface area contributed by atoms with Crippen LogP contribution in [0.2, 0.25) is 0 Å². The molecule has 0 aliphatic heterocycles. The summed E-state index contributed by atoms with van der Waals surface area (Å²) < 4.78 is 11.7. The Morgan fingerprint density at radius 1 is 1.05 bits per heavy atom. The third-order valence-corrected chi connectivity index (χ3v) is 4.26. The van der Waals surface area contributed by atoms with Crippen molar-refractivity contribution in [1.82, 2.24) is 0 Å². The molecule has 1 unspecified atom stereocenters. The van der Waals surface area contributed by atoms with Crippen LogP contribution in [0.3, 0.4) is 0 Å². The number of nitrogens with zero attached hydrogens (tertiary/aromatic N) is 1. The third kappa shape index (κ3) is 1.69. The van der Waals surface area contributed by atoms with Crippen LogP contribution in [-0.4, -0.2) is 21.2 Å². The quantitative estimate of drug-likeness (QED) is 0.536. The maximum Gasteiger partial charge on any atom is 0.286 e. The zero-order valence-electron chi connectivity index (χ0n) is 10.5. The second-order valence-corrected chi connectivity index (χ2v) is 5.80. The highest BCUT2D eigenvalue weighted by Crippen LogP contribution is 2.40. The smallest absolute Gasteiger partial charge is 0.286 e. The lowest BCUT2D eigenvalue weighted by Gasteiger charge is -2.04. The lowest BCUT2D eigenvalue weighted by molar-refractivity contribution is -0.387. The van der Waals surface area contributed by atoms with Gasteiger partial charge in [0.2, 0.25) is 0 Å². The normalized spacial score (nSPS) is 13.8. The molecule has 0 saturated heterocycles. The highest BCUT2D eigenvalue weighted by molar-refractivity contribution is 7.84. The molecule has 0 spiro atoms. The predicted molar refractivity (Wildman–Crippen MR) is 74.3 cm³/mol. The van der Waals surface area contributed by atoms with E-state index in [1.165, 1.54) is 18.4 Å². The predicted octanol–water partition coefficient (Wildman–Crippen LogP) is 2.54. The summed E-state index contributed by atoms with van der Waals surface area (Å²) in [5.74, 6) is -0.230. The van der Waals surface area contributed by atoms with Crippen LogP contribution < -0.4 is 0 Å². The fourth-order valence-electron chi connectivity index (χ4n) is 2.41. The van der Waals surface area contributed by atoms with Crippen molar-refractivity contribution >= 4 is 22.3 Å². The van der Waals surface area contributed by atoms with Gasteiger partial charge in [-0.05, 0) is 17.2 Å². The van der Waals surface area contributed by atoms with E-state index in [9.17, 15) is 19.1 Å². The van der Waals surface area contributed by atoms with Gasteiger partial charge in [-0.1, -0.05) is 24.3 Å². The topological polar surface area (TPSA) is 77.3 Å². The number of nitro groups is 1. The molecule has 0 saturated carbocycles. The molecule has 2 aromatic rings. The van der Waals surface area contributed by atoms with Crippen LogP contribution in [0, 0.1) is 10.1 Å². The van der Waals surface area contributed by atoms with Crippen molar-refractivity contribution in [2.45, 2.75) is 4.90 Å². The number of hydrogen-bond acceptors (Lipinski definition) is 4. The minimum Gasteiger partial charge on any atom is -0.289 e. The molecule has 0 radical (unpaired) electrons. The molecule has 5 nitrogen and oxygen atoms in total. The molecule has 20 heavy (non-hydrogen) atoms. The maximum absolute atomic E-state index is 12.2. The molecule has 1 aliphatic rings. The van der Waals surface area contributed by atoms with Crippen molar-refractivity contribution in [3.8, 4) is 11.1 Å². The molecule has 1 atom stereocenters. The molecular formula is C14H9NO4S. The summed E-state index contributed by atoms with van der Waals surface area (Å²) in [6, 6.07) is 9.74. The van der Waals surface area contributed by atoms with Crippen molar-refractivity contribution in [2.24, 2.45) is 0 Å². The SMILES string of the molecule is CS(=O)c1cc2c(cc1[N+](=O)[O-])C(=O)c1ccccc1-2. The summed E-state index contributed by atoms with van der Waals surface area (Å²) in [5, 5.41) is 11.1. The first-order chi connectivity index (χ1) is 9.50. The van der Waals surface area contributed by atoms with Gasteiger partial charge in [-0.15, -0.1) is 0 Å². The van der Waals surface area contributed by atoms with Crippen LogP contribution in [-0.2, 0) is 10.8 Å². The first-order valence-electron chi connectivity index (χ1n) is 5.80. The first kappa shape index (κ1) is 12.7. The van der Waals surface area contributed by atoms with Gasteiger partial charge in [-0.25, -0.2) is 0 Å². The van der Waals surface area contributed by atoms with E-state index in [1.54, 1.807) is 24.3 Å². The summed E-state index contributed by atoms with van der Waals surface area (Å²) in [6.07, 6.45) is 1.39. The minimum atomic E-state index is -1.49. The van der Waals surface area contributed by atoms with Gasteiger partial charge in [0.1, 0.15) is 4.90 Å². The Morgan fingerprint density at radius 2 is 1.70 bits per heavy atom. The van der Waals surface area contributed by atoms with Crippen LogP contribution >= 0.6 is 0 Å². The van der Waals surface area contributed by atoms with Gasteiger partial charge in [-0.2, -0.15) is 0 Å². The number of fused-ring (bicyclic) bond motifs is 3. The minimum absolute atomic E-state index is 0.137. The number of hydrogen-bond donors (Lipinski definition) is 0. The number of ketones is 1. The first-order valence-corrected chi connectivity index (χ1v) is 7.36. The van der Waals surface area contributed by atoms with E-state index in [0.29, 0.717) is 16.7 Å². The van der Waals surface area contributed by atoms with Crippen molar-refractivity contribution < 1.29 is 13.9 Å². The van der Waals surface area contributed by atoms with Crippen LogP contribution in [0.4, 0.5) is 5.69 Å². The van der Waals surface area contributed by atoms with Crippen molar-refractivity contribution in [3.05, 3.63) is 57.6 Å². The Balaban J connectivity index is 2.36. The van der Waals surface area contributed by atoms with Crippen molar-refractivity contribution in [1.29, 1.82) is 0 Å². The highest BCUT2D eigenvalue weighted by Gasteiger charge is 2.31. The fraction of sp³-hybridized carbons (Fsp3) is 0.0714. The molecule has 0 fully saturated rings. The molecule has 0 N–H and O–H groups in total. The van der Waals surface area contributed by atoms with E-state index in [2.05, 4.69) is 0 Å². The van der Waals surface area contributed by atoms with Gasteiger partial charge in [0.05, 0.1) is 15.7 Å². The molecule has 0 amide bonds. The third-order valence-electron chi connectivity index (χ3n) is 3.31. The van der Waals surface area contributed by atoms with E-state index in [1.807, 2.05) is 0 Å². The van der Waals surface area contributed by atoms with Crippen LogP contribution in [0.15, 0.2) is 41.3 Å². The number of nitro benzene ring substituents is 1. The van der Waals surface area contributed by atoms with E-state index < -0.39 is 15.7 Å². The number of carbonyl (C=O) groups is 1. The van der Waals surface area contributed by atoms with Gasteiger partial charge < -0.3 is 0 Å². The molecule has 0 heterocycles. The molecule has 2 aromatic carbocycles. The van der Waals surface area contributed by atoms with Gasteiger partial charge >= 0.3 is 0 Å². The Kier molecular flexibility index (Phi) is 2.76. The van der Waals surface area contributed by atoms with E-state index in [0.717, 1.165) is 5.56 Å². The zero-order chi connectivity index (χ0) is 14.4. The van der Waals surface area contributed by atoms with Crippen LogP contribution in [0.1, 0.15) is 15.9 Å². The van der Waals surface area contributed by atoms with Crippen LogP contribution in [0.5, 0.6) is 0 Å². The average molecular weight is 287 g/mol. The standard InChI is InChI=1S/C14H9NO4S/c1-20(19)13-7-10-8-4-2-3-5-9(8)14(16)11(10)6-12(13)15(17)18/h2-7H,1H3. The lowest BCUT2D eigenvalue weighted by Crippen LogP contribution is -2.01. The Morgan fingerprint density at radius 3 is 2.30 bits per heavy atom. The zero-order valence-corrected chi connectivity index (χ0v) is 11.3. The molecule has 3 rings (SSSR count). The number of rotatable bonds is 2. The molecule has 1 aliphatic carbocycles. The van der Waals surface area contributed by atoms with E-state index in [-0.39, 0.29) is 16.4 Å². The highest BCUT2D eigenvalue weighted by atomic mass is 32.2. The molecule has 100 valence electrons. The summed E-state index contributed by atoms with van der Waals surface area (Å²) in [7, 11) is -1.49. The van der Waals surface area contributed by atoms with Gasteiger partial charge in [0, 0.05) is 23.4 Å². The Labute approximate surface area is 116 Å². The lowest BCUT2D eigenvalue weighted by atomic mass is 10.1. The summed E-state index contributed by atoms with van der Waals surface area (Å²) >= 11 is 0. The fourth-order valence-corrected chi connectivity index (χ4v) is 3.12. The largest absolute Gasteiger partial charge is 0.289 e. The molecular weight excluding hydrogens is 278 g/mol. The van der Waals surface area contributed by atoms with Gasteiger partial charge in [0.25, 0.3) is 5.69 Å². The summed E-state index contributed by atoms with van der Waals surface area (Å²) in [4.78, 5) is 22.8. The Bertz CT molecular complexity index is 798. The van der Waals surface area contributed by atoms with Crippen molar-refractivity contribution in [2.75, 3.05) is 6.26 Å². The molecule has 0 aromatic heterocycles. The maximum atomic E-state index is 12.2. The van der Waals surface area contributed by atoms with E-state index >= 15 is 0 Å². The second kappa shape index (κ2) is 4.35. The second-order valence-electron chi connectivity index (χ2n) is 4.45.